The number of halogens is 1. The Kier molecular flexibility index (Phi) is 5.80. The summed E-state index contributed by atoms with van der Waals surface area (Å²) in [6.07, 6.45) is 1.11. The Balaban J connectivity index is 2.66. The van der Waals surface area contributed by atoms with Gasteiger partial charge in [-0.2, -0.15) is 0 Å². The second kappa shape index (κ2) is 6.90. The van der Waals surface area contributed by atoms with Gasteiger partial charge in [0.15, 0.2) is 0 Å². The second-order valence-corrected chi connectivity index (χ2v) is 6.03. The van der Waals surface area contributed by atoms with Crippen molar-refractivity contribution in [3.05, 3.63) is 30.1 Å². The lowest BCUT2D eigenvalue weighted by atomic mass is 9.86. The highest BCUT2D eigenvalue weighted by Gasteiger charge is 2.24. The molecule has 1 aromatic rings. The highest BCUT2D eigenvalue weighted by Crippen LogP contribution is 2.24. The van der Waals surface area contributed by atoms with Crippen LogP contribution in [0.2, 0.25) is 0 Å². The molecule has 19 heavy (non-hydrogen) atoms. The van der Waals surface area contributed by atoms with E-state index in [9.17, 15) is 4.39 Å². The number of rotatable bonds is 7. The first kappa shape index (κ1) is 16.0. The summed E-state index contributed by atoms with van der Waals surface area (Å²) < 4.78 is 12.9. The highest BCUT2D eigenvalue weighted by molar-refractivity contribution is 5.45. The van der Waals surface area contributed by atoms with Gasteiger partial charge in [0.1, 0.15) is 5.82 Å². The van der Waals surface area contributed by atoms with Crippen molar-refractivity contribution >= 4 is 5.69 Å². The van der Waals surface area contributed by atoms with Gasteiger partial charge >= 0.3 is 0 Å². The summed E-state index contributed by atoms with van der Waals surface area (Å²) in [5.41, 5.74) is 1.28. The quantitative estimate of drug-likeness (QED) is 0.810. The minimum absolute atomic E-state index is 0.183. The molecule has 0 radical (unpaired) electrons. The molecule has 0 fully saturated rings. The Labute approximate surface area is 117 Å². The molecule has 0 aliphatic rings. The molecule has 0 saturated heterocycles. The number of nitrogens with zero attached hydrogens (tertiary/aromatic N) is 1. The highest BCUT2D eigenvalue weighted by atomic mass is 19.1. The van der Waals surface area contributed by atoms with Crippen molar-refractivity contribution in [3.8, 4) is 0 Å². The lowest BCUT2D eigenvalue weighted by Gasteiger charge is -2.35. The van der Waals surface area contributed by atoms with E-state index in [-0.39, 0.29) is 11.2 Å². The van der Waals surface area contributed by atoms with Gasteiger partial charge in [-0.15, -0.1) is 0 Å². The third kappa shape index (κ3) is 5.19. The molecule has 0 aromatic heterocycles. The molecule has 1 rings (SSSR count). The van der Waals surface area contributed by atoms with Crippen LogP contribution >= 0.6 is 0 Å². The van der Waals surface area contributed by atoms with Gasteiger partial charge in [0.05, 0.1) is 0 Å². The molecule has 0 heterocycles. The standard InChI is InChI=1S/C16H27FN2/c1-6-16(4,11-18-13(2)3)12-19(5)15-9-7-14(17)8-10-15/h7-10,13,18H,6,11-12H2,1-5H3. The van der Waals surface area contributed by atoms with E-state index in [1.54, 1.807) is 0 Å². The zero-order valence-electron chi connectivity index (χ0n) is 12.8. The summed E-state index contributed by atoms with van der Waals surface area (Å²) in [5, 5.41) is 3.52. The first-order valence-corrected chi connectivity index (χ1v) is 7.06. The number of anilines is 1. The van der Waals surface area contributed by atoms with Crippen LogP contribution in [0.15, 0.2) is 24.3 Å². The fourth-order valence-corrected chi connectivity index (χ4v) is 2.10. The Hall–Kier alpha value is -1.09. The molecule has 1 unspecified atom stereocenters. The molecule has 0 spiro atoms. The van der Waals surface area contributed by atoms with Gasteiger partial charge in [0, 0.05) is 31.9 Å². The van der Waals surface area contributed by atoms with Crippen LogP contribution < -0.4 is 10.2 Å². The number of benzene rings is 1. The summed E-state index contributed by atoms with van der Waals surface area (Å²) >= 11 is 0. The molecule has 0 aliphatic heterocycles. The maximum absolute atomic E-state index is 12.9. The summed E-state index contributed by atoms with van der Waals surface area (Å²) in [7, 11) is 2.07. The van der Waals surface area contributed by atoms with E-state index in [0.29, 0.717) is 6.04 Å². The van der Waals surface area contributed by atoms with Crippen LogP contribution in [0.25, 0.3) is 0 Å². The van der Waals surface area contributed by atoms with Gasteiger partial charge in [-0.3, -0.25) is 0 Å². The van der Waals surface area contributed by atoms with Crippen LogP contribution in [-0.4, -0.2) is 26.2 Å². The normalized spacial score (nSPS) is 14.5. The molecule has 0 saturated carbocycles. The number of hydrogen-bond donors (Lipinski definition) is 1. The summed E-state index contributed by atoms with van der Waals surface area (Å²) in [5.74, 6) is -0.183. The first-order valence-electron chi connectivity index (χ1n) is 7.06. The Morgan fingerprint density at radius 3 is 2.32 bits per heavy atom. The number of hydrogen-bond acceptors (Lipinski definition) is 2. The summed E-state index contributed by atoms with van der Waals surface area (Å²) in [4.78, 5) is 2.20. The molecular formula is C16H27FN2. The second-order valence-electron chi connectivity index (χ2n) is 6.03. The van der Waals surface area contributed by atoms with Crippen LogP contribution in [0, 0.1) is 11.2 Å². The third-order valence-electron chi connectivity index (χ3n) is 3.68. The van der Waals surface area contributed by atoms with Gasteiger partial charge in [-0.1, -0.05) is 27.7 Å². The zero-order chi connectivity index (χ0) is 14.5. The average Bonchev–Trinajstić information content (AvgIpc) is 2.37. The molecule has 108 valence electrons. The summed E-state index contributed by atoms with van der Waals surface area (Å²) in [6.45, 7) is 10.8. The predicted octanol–water partition coefficient (Wildman–Crippen LogP) is 3.68. The van der Waals surface area contributed by atoms with Gasteiger partial charge in [0.25, 0.3) is 0 Å². The van der Waals surface area contributed by atoms with E-state index in [1.807, 2.05) is 12.1 Å². The predicted molar refractivity (Wildman–Crippen MR) is 81.2 cm³/mol. The van der Waals surface area contributed by atoms with E-state index >= 15 is 0 Å². The van der Waals surface area contributed by atoms with Crippen molar-refractivity contribution in [1.82, 2.24) is 5.32 Å². The lowest BCUT2D eigenvalue weighted by Crippen LogP contribution is -2.42. The van der Waals surface area contributed by atoms with Gasteiger partial charge in [-0.05, 0) is 36.1 Å². The van der Waals surface area contributed by atoms with Crippen molar-refractivity contribution in [3.63, 3.8) is 0 Å². The first-order chi connectivity index (χ1) is 8.86. The maximum Gasteiger partial charge on any atom is 0.123 e. The van der Waals surface area contributed by atoms with Crippen molar-refractivity contribution < 1.29 is 4.39 Å². The molecule has 0 bridgehead atoms. The SMILES string of the molecule is CCC(C)(CNC(C)C)CN(C)c1ccc(F)cc1. The Morgan fingerprint density at radius 1 is 1.26 bits per heavy atom. The van der Waals surface area contributed by atoms with Crippen molar-refractivity contribution in [2.45, 2.75) is 40.2 Å². The van der Waals surface area contributed by atoms with Gasteiger partial charge in [0.2, 0.25) is 0 Å². The maximum atomic E-state index is 12.9. The molecule has 0 aliphatic carbocycles. The lowest BCUT2D eigenvalue weighted by molar-refractivity contribution is 0.290. The van der Waals surface area contributed by atoms with Crippen molar-refractivity contribution in [2.24, 2.45) is 5.41 Å². The smallest absolute Gasteiger partial charge is 0.123 e. The van der Waals surface area contributed by atoms with Crippen molar-refractivity contribution in [2.75, 3.05) is 25.0 Å². The van der Waals surface area contributed by atoms with E-state index in [1.165, 1.54) is 12.1 Å². The Bertz CT molecular complexity index is 375. The van der Waals surface area contributed by atoms with Crippen LogP contribution in [0.3, 0.4) is 0 Å². The van der Waals surface area contributed by atoms with Crippen LogP contribution in [-0.2, 0) is 0 Å². The van der Waals surface area contributed by atoms with Gasteiger partial charge in [-0.25, -0.2) is 4.39 Å². The molecule has 0 amide bonds. The molecule has 1 N–H and O–H groups in total. The molecule has 1 aromatic carbocycles. The minimum atomic E-state index is -0.183. The average molecular weight is 266 g/mol. The largest absolute Gasteiger partial charge is 0.374 e. The molecule has 1 atom stereocenters. The van der Waals surface area contributed by atoms with Crippen molar-refractivity contribution in [1.29, 1.82) is 0 Å². The van der Waals surface area contributed by atoms with Crippen LogP contribution in [0.4, 0.5) is 10.1 Å². The fraction of sp³-hybridized carbons (Fsp3) is 0.625. The van der Waals surface area contributed by atoms with E-state index in [2.05, 4.69) is 45.0 Å². The number of nitrogens with one attached hydrogen (secondary N) is 1. The van der Waals surface area contributed by atoms with E-state index < -0.39 is 0 Å². The van der Waals surface area contributed by atoms with Crippen LogP contribution in [0.5, 0.6) is 0 Å². The fourth-order valence-electron chi connectivity index (χ4n) is 2.10. The third-order valence-corrected chi connectivity index (χ3v) is 3.68. The zero-order valence-corrected chi connectivity index (χ0v) is 12.8. The molecular weight excluding hydrogens is 239 g/mol. The Morgan fingerprint density at radius 2 is 1.84 bits per heavy atom. The topological polar surface area (TPSA) is 15.3 Å². The monoisotopic (exact) mass is 266 g/mol. The van der Waals surface area contributed by atoms with E-state index in [4.69, 9.17) is 0 Å². The molecule has 3 heteroatoms. The molecule has 2 nitrogen and oxygen atoms in total. The van der Waals surface area contributed by atoms with Gasteiger partial charge < -0.3 is 10.2 Å². The van der Waals surface area contributed by atoms with E-state index in [0.717, 1.165) is 25.2 Å². The van der Waals surface area contributed by atoms with Crippen LogP contribution in [0.1, 0.15) is 34.1 Å². The minimum Gasteiger partial charge on any atom is -0.374 e. The summed E-state index contributed by atoms with van der Waals surface area (Å²) in [6, 6.07) is 7.20.